The normalized spacial score (nSPS) is 11.3. The fraction of sp³-hybridized carbons (Fsp3) is 0.811. The van der Waals surface area contributed by atoms with Crippen LogP contribution in [0.5, 0.6) is 5.75 Å². The number of esters is 1. The summed E-state index contributed by atoms with van der Waals surface area (Å²) in [7, 11) is 0. The third-order valence-corrected chi connectivity index (χ3v) is 7.20. The number of rotatable bonds is 37. The van der Waals surface area contributed by atoms with Gasteiger partial charge in [-0.2, -0.15) is 0 Å². The maximum atomic E-state index is 11.5. The number of benzene rings is 1. The Bertz CT molecular complexity index is 777. The molecule has 274 valence electrons. The van der Waals surface area contributed by atoms with E-state index in [1.54, 1.807) is 0 Å². The van der Waals surface area contributed by atoms with E-state index in [0.29, 0.717) is 106 Å². The number of carbonyl (C=O) groups is 1. The minimum atomic E-state index is -0.155. The van der Waals surface area contributed by atoms with Crippen LogP contribution in [0.15, 0.2) is 24.3 Å². The Morgan fingerprint density at radius 3 is 1.30 bits per heavy atom. The fourth-order valence-corrected chi connectivity index (χ4v) is 4.48. The average molecular weight is 671 g/mol. The predicted octanol–water partition coefficient (Wildman–Crippen LogP) is 6.60. The first-order valence-corrected chi connectivity index (χ1v) is 18.2. The van der Waals surface area contributed by atoms with Crippen molar-refractivity contribution in [1.29, 1.82) is 0 Å². The van der Waals surface area contributed by atoms with Crippen LogP contribution in [0.25, 0.3) is 0 Å². The molecule has 0 N–H and O–H groups in total. The van der Waals surface area contributed by atoms with E-state index in [9.17, 15) is 4.79 Å². The van der Waals surface area contributed by atoms with E-state index in [1.165, 1.54) is 50.5 Å². The van der Waals surface area contributed by atoms with E-state index in [1.807, 2.05) is 0 Å². The molecule has 0 radical (unpaired) electrons. The summed E-state index contributed by atoms with van der Waals surface area (Å²) in [5.74, 6) is 0.731. The van der Waals surface area contributed by atoms with Gasteiger partial charge < -0.3 is 42.6 Å². The van der Waals surface area contributed by atoms with Crippen LogP contribution in [0.4, 0.5) is 0 Å². The van der Waals surface area contributed by atoms with Crippen molar-refractivity contribution in [2.45, 2.75) is 90.9 Å². The number of unbranched alkanes of at least 4 members (excludes halogenated alkanes) is 8. The SMILES string of the molecule is CCCCCCCCCc1ccc(OCCOCCOCCOCCOCCOCCOCCOCCOC(=O)CCCCC)cc1. The zero-order valence-electron chi connectivity index (χ0n) is 29.7. The number of carbonyl (C=O) groups excluding carboxylic acids is 1. The number of aryl methyl sites for hydroxylation is 1. The molecule has 0 saturated heterocycles. The molecule has 0 aliphatic rings. The molecule has 47 heavy (non-hydrogen) atoms. The molecule has 1 aromatic carbocycles. The first-order chi connectivity index (χ1) is 23.3. The summed E-state index contributed by atoms with van der Waals surface area (Å²) in [6.07, 6.45) is 14.0. The molecule has 0 amide bonds. The zero-order chi connectivity index (χ0) is 33.7. The molecular formula is C37H66O10. The lowest BCUT2D eigenvalue weighted by molar-refractivity contribution is -0.145. The van der Waals surface area contributed by atoms with Crippen molar-refractivity contribution in [3.05, 3.63) is 29.8 Å². The first-order valence-electron chi connectivity index (χ1n) is 18.2. The van der Waals surface area contributed by atoms with Gasteiger partial charge in [0.1, 0.15) is 19.0 Å². The first kappa shape index (κ1) is 43.2. The second-order valence-corrected chi connectivity index (χ2v) is 11.3. The fourth-order valence-electron chi connectivity index (χ4n) is 4.48. The zero-order valence-corrected chi connectivity index (χ0v) is 29.7. The van der Waals surface area contributed by atoms with Crippen molar-refractivity contribution in [3.8, 4) is 5.75 Å². The van der Waals surface area contributed by atoms with Crippen molar-refractivity contribution >= 4 is 5.97 Å². The van der Waals surface area contributed by atoms with Gasteiger partial charge in [0.05, 0.1) is 92.5 Å². The lowest BCUT2D eigenvalue weighted by atomic mass is 10.0. The van der Waals surface area contributed by atoms with Gasteiger partial charge in [0.25, 0.3) is 0 Å². The molecule has 0 aliphatic heterocycles. The van der Waals surface area contributed by atoms with Crippen LogP contribution in [-0.4, -0.2) is 112 Å². The highest BCUT2D eigenvalue weighted by Gasteiger charge is 2.02. The van der Waals surface area contributed by atoms with Gasteiger partial charge >= 0.3 is 5.97 Å². The maximum Gasteiger partial charge on any atom is 0.305 e. The topological polar surface area (TPSA) is 100 Å². The quantitative estimate of drug-likeness (QED) is 0.0569. The third-order valence-electron chi connectivity index (χ3n) is 7.20. The van der Waals surface area contributed by atoms with Crippen LogP contribution < -0.4 is 4.74 Å². The molecule has 1 aromatic rings. The number of ether oxygens (including phenoxy) is 9. The largest absolute Gasteiger partial charge is 0.491 e. The van der Waals surface area contributed by atoms with Gasteiger partial charge in [-0.15, -0.1) is 0 Å². The highest BCUT2D eigenvalue weighted by Crippen LogP contribution is 2.15. The van der Waals surface area contributed by atoms with Gasteiger partial charge in [-0.25, -0.2) is 0 Å². The van der Waals surface area contributed by atoms with Gasteiger partial charge in [-0.3, -0.25) is 4.79 Å². The Kier molecular flexibility index (Phi) is 32.7. The molecule has 0 heterocycles. The molecule has 0 unspecified atom stereocenters. The Hall–Kier alpha value is -1.79. The molecule has 10 nitrogen and oxygen atoms in total. The van der Waals surface area contributed by atoms with Crippen LogP contribution in [0.3, 0.4) is 0 Å². The summed E-state index contributed by atoms with van der Waals surface area (Å²) < 4.78 is 49.3. The van der Waals surface area contributed by atoms with Crippen LogP contribution in [-0.2, 0) is 49.1 Å². The van der Waals surface area contributed by atoms with Gasteiger partial charge in [-0.05, 0) is 37.0 Å². The average Bonchev–Trinajstić information content (AvgIpc) is 3.08. The van der Waals surface area contributed by atoms with Crippen LogP contribution in [0.2, 0.25) is 0 Å². The van der Waals surface area contributed by atoms with E-state index < -0.39 is 0 Å². The van der Waals surface area contributed by atoms with E-state index in [4.69, 9.17) is 42.6 Å². The molecule has 0 spiro atoms. The Balaban J connectivity index is 1.73. The van der Waals surface area contributed by atoms with Crippen LogP contribution in [0.1, 0.15) is 90.0 Å². The van der Waals surface area contributed by atoms with E-state index in [2.05, 4.69) is 38.1 Å². The smallest absolute Gasteiger partial charge is 0.305 e. The Morgan fingerprint density at radius 1 is 0.447 bits per heavy atom. The van der Waals surface area contributed by atoms with Gasteiger partial charge in [0.2, 0.25) is 0 Å². The van der Waals surface area contributed by atoms with E-state index >= 15 is 0 Å². The Labute approximate surface area is 285 Å². The summed E-state index contributed by atoms with van der Waals surface area (Å²) in [4.78, 5) is 11.5. The van der Waals surface area contributed by atoms with Gasteiger partial charge in [0.15, 0.2) is 0 Å². The number of hydrogen-bond donors (Lipinski definition) is 0. The molecular weight excluding hydrogens is 604 g/mol. The summed E-state index contributed by atoms with van der Waals surface area (Å²) >= 11 is 0. The maximum absolute atomic E-state index is 11.5. The highest BCUT2D eigenvalue weighted by molar-refractivity contribution is 5.69. The van der Waals surface area contributed by atoms with Crippen molar-refractivity contribution in [3.63, 3.8) is 0 Å². The molecule has 10 heteroatoms. The summed E-state index contributed by atoms with van der Waals surface area (Å²) in [5.41, 5.74) is 1.38. The highest BCUT2D eigenvalue weighted by atomic mass is 16.6. The van der Waals surface area contributed by atoms with Crippen LogP contribution >= 0.6 is 0 Å². The Morgan fingerprint density at radius 2 is 0.830 bits per heavy atom. The van der Waals surface area contributed by atoms with Crippen molar-refractivity contribution < 1.29 is 47.4 Å². The van der Waals surface area contributed by atoms with Crippen molar-refractivity contribution in [2.24, 2.45) is 0 Å². The van der Waals surface area contributed by atoms with Gasteiger partial charge in [-0.1, -0.05) is 77.3 Å². The van der Waals surface area contributed by atoms with E-state index in [-0.39, 0.29) is 12.6 Å². The van der Waals surface area contributed by atoms with Crippen LogP contribution in [0, 0.1) is 0 Å². The van der Waals surface area contributed by atoms with Crippen molar-refractivity contribution in [1.82, 2.24) is 0 Å². The summed E-state index contributed by atoms with van der Waals surface area (Å²) in [5, 5.41) is 0. The third kappa shape index (κ3) is 31.2. The molecule has 0 fully saturated rings. The molecule has 0 saturated carbocycles. The predicted molar refractivity (Wildman–Crippen MR) is 184 cm³/mol. The minimum absolute atomic E-state index is 0.155. The monoisotopic (exact) mass is 670 g/mol. The standard InChI is InChI=1S/C37H66O10/c1-3-5-7-8-9-10-12-13-35-15-17-36(18-16-35)46-33-31-44-29-27-42-25-23-40-21-19-39-20-22-41-24-26-43-28-30-45-32-34-47-37(38)14-11-6-4-2/h15-18H,3-14,19-34H2,1-2H3. The second kappa shape index (κ2) is 35.5. The minimum Gasteiger partial charge on any atom is -0.491 e. The van der Waals surface area contributed by atoms with Crippen molar-refractivity contribution in [2.75, 3.05) is 106 Å². The lowest BCUT2D eigenvalue weighted by Gasteiger charge is -2.09. The molecule has 0 aromatic heterocycles. The molecule has 1 rings (SSSR count). The summed E-state index contributed by atoms with van der Waals surface area (Å²) in [6, 6.07) is 8.45. The van der Waals surface area contributed by atoms with E-state index in [0.717, 1.165) is 31.4 Å². The molecule has 0 aliphatic carbocycles. The summed E-state index contributed by atoms with van der Waals surface area (Å²) in [6.45, 7) is 12.1. The number of hydrogen-bond acceptors (Lipinski definition) is 10. The molecule has 0 bridgehead atoms. The lowest BCUT2D eigenvalue weighted by Crippen LogP contribution is -2.15. The van der Waals surface area contributed by atoms with Gasteiger partial charge in [0, 0.05) is 6.42 Å². The second-order valence-electron chi connectivity index (χ2n) is 11.3. The molecule has 0 atom stereocenters.